The Morgan fingerprint density at radius 3 is 1.61 bits per heavy atom. The normalized spacial score (nSPS) is 11.9. The van der Waals surface area contributed by atoms with Crippen molar-refractivity contribution in [1.29, 1.82) is 0 Å². The monoisotopic (exact) mass is 730 g/mol. The average Bonchev–Trinajstić information content (AvgIpc) is 3.96. The van der Waals surface area contributed by atoms with Crippen molar-refractivity contribution < 1.29 is 8.83 Å². The van der Waals surface area contributed by atoms with Crippen molar-refractivity contribution in [3.63, 3.8) is 0 Å². The summed E-state index contributed by atoms with van der Waals surface area (Å²) in [6.45, 7) is 0. The average molecular weight is 731 g/mol. The molecule has 0 radical (unpaired) electrons. The number of hydrogen-bond donors (Lipinski definition) is 0. The molecule has 0 N–H and O–H groups in total. The van der Waals surface area contributed by atoms with E-state index in [4.69, 9.17) is 23.8 Å². The maximum absolute atomic E-state index is 6.63. The molecule has 266 valence electrons. The maximum Gasteiger partial charge on any atom is 0.164 e. The van der Waals surface area contributed by atoms with Crippen LogP contribution in [0.1, 0.15) is 0 Å². The third-order valence-electron chi connectivity index (χ3n) is 11.1. The molecule has 0 aliphatic rings. The molecule has 12 aromatic rings. The molecule has 4 aromatic heterocycles. The van der Waals surface area contributed by atoms with E-state index in [1.54, 1.807) is 0 Å². The van der Waals surface area contributed by atoms with E-state index in [2.05, 4.69) is 108 Å². The summed E-state index contributed by atoms with van der Waals surface area (Å²) in [7, 11) is 0. The van der Waals surface area contributed by atoms with Gasteiger partial charge in [-0.1, -0.05) is 127 Å². The van der Waals surface area contributed by atoms with Gasteiger partial charge in [0.1, 0.15) is 22.3 Å². The van der Waals surface area contributed by atoms with Gasteiger partial charge in [0, 0.05) is 54.7 Å². The third kappa shape index (κ3) is 4.87. The summed E-state index contributed by atoms with van der Waals surface area (Å²) in [5, 5.41) is 6.35. The van der Waals surface area contributed by atoms with Gasteiger partial charge in [0.15, 0.2) is 17.5 Å². The van der Waals surface area contributed by atoms with Gasteiger partial charge in [-0.2, -0.15) is 0 Å². The highest BCUT2D eigenvalue weighted by atomic mass is 16.3. The lowest BCUT2D eigenvalue weighted by Gasteiger charge is -2.11. The van der Waals surface area contributed by atoms with Gasteiger partial charge in [-0.25, -0.2) is 15.0 Å². The smallest absolute Gasteiger partial charge is 0.164 e. The van der Waals surface area contributed by atoms with Crippen molar-refractivity contribution >= 4 is 65.7 Å². The molecule has 0 bridgehead atoms. The highest BCUT2D eigenvalue weighted by molar-refractivity contribution is 6.19. The molecule has 0 saturated carbocycles. The van der Waals surface area contributed by atoms with Crippen LogP contribution in [-0.2, 0) is 0 Å². The van der Waals surface area contributed by atoms with E-state index in [-0.39, 0.29) is 0 Å². The number of aromatic nitrogens is 4. The standard InChI is InChI=1S/C51H30N4O2/c1-3-14-31(15-4-1)49-52-50(37-21-12-25-43-46(37)36-19-8-10-24-42(36)56-43)54-51(53-49)38-22-13-27-45-48(38)47-34(20-11-26-44(47)57-45)32-28-29-41-39(30-32)35-18-7-9-23-40(35)55(41)33-16-5-2-6-17-33/h1-30H. The summed E-state index contributed by atoms with van der Waals surface area (Å²) >= 11 is 0. The number of nitrogens with zero attached hydrogens (tertiary/aromatic N) is 4. The molecule has 57 heavy (non-hydrogen) atoms. The number of fused-ring (bicyclic) bond motifs is 9. The second kappa shape index (κ2) is 12.3. The van der Waals surface area contributed by atoms with Crippen LogP contribution in [-0.4, -0.2) is 19.5 Å². The largest absolute Gasteiger partial charge is 0.456 e. The second-order valence-electron chi connectivity index (χ2n) is 14.3. The molecule has 6 nitrogen and oxygen atoms in total. The summed E-state index contributed by atoms with van der Waals surface area (Å²) in [6.07, 6.45) is 0. The molecule has 4 heterocycles. The second-order valence-corrected chi connectivity index (χ2v) is 14.3. The zero-order chi connectivity index (χ0) is 37.5. The predicted molar refractivity (Wildman–Crippen MR) is 230 cm³/mol. The molecular formula is C51H30N4O2. The first-order valence-corrected chi connectivity index (χ1v) is 19.0. The van der Waals surface area contributed by atoms with Crippen LogP contribution in [0.2, 0.25) is 0 Å². The lowest BCUT2D eigenvalue weighted by molar-refractivity contribution is 0.668. The first-order valence-electron chi connectivity index (χ1n) is 19.0. The van der Waals surface area contributed by atoms with Gasteiger partial charge in [-0.3, -0.25) is 0 Å². The Morgan fingerprint density at radius 2 is 0.860 bits per heavy atom. The van der Waals surface area contributed by atoms with Gasteiger partial charge >= 0.3 is 0 Å². The highest BCUT2D eigenvalue weighted by Crippen LogP contribution is 2.43. The molecule has 8 aromatic carbocycles. The van der Waals surface area contributed by atoms with Crippen molar-refractivity contribution in [2.45, 2.75) is 0 Å². The number of benzene rings is 8. The lowest BCUT2D eigenvalue weighted by atomic mass is 9.96. The van der Waals surface area contributed by atoms with Crippen LogP contribution in [0.4, 0.5) is 0 Å². The van der Waals surface area contributed by atoms with Crippen molar-refractivity contribution in [3.8, 4) is 51.0 Å². The Morgan fingerprint density at radius 1 is 0.333 bits per heavy atom. The van der Waals surface area contributed by atoms with Crippen molar-refractivity contribution in [2.75, 3.05) is 0 Å². The molecule has 0 fully saturated rings. The third-order valence-corrected chi connectivity index (χ3v) is 11.1. The molecule has 6 heteroatoms. The van der Waals surface area contributed by atoms with E-state index in [0.717, 1.165) is 82.9 Å². The molecule has 12 rings (SSSR count). The molecule has 0 amide bonds. The summed E-state index contributed by atoms with van der Waals surface area (Å²) in [4.78, 5) is 15.6. The van der Waals surface area contributed by atoms with Crippen LogP contribution in [0.15, 0.2) is 191 Å². The summed E-state index contributed by atoms with van der Waals surface area (Å²) < 4.78 is 15.3. The topological polar surface area (TPSA) is 69.9 Å². The van der Waals surface area contributed by atoms with Crippen molar-refractivity contribution in [2.24, 2.45) is 0 Å². The number of rotatable bonds is 5. The fourth-order valence-electron chi connectivity index (χ4n) is 8.58. The number of para-hydroxylation sites is 3. The molecule has 0 aliphatic carbocycles. The van der Waals surface area contributed by atoms with Crippen LogP contribution in [0.3, 0.4) is 0 Å². The molecule has 0 unspecified atom stereocenters. The van der Waals surface area contributed by atoms with E-state index in [9.17, 15) is 0 Å². The Hall–Kier alpha value is -7.83. The minimum atomic E-state index is 0.563. The quantitative estimate of drug-likeness (QED) is 0.176. The summed E-state index contributed by atoms with van der Waals surface area (Å²) in [6, 6.07) is 62.6. The molecule has 0 saturated heterocycles. The minimum absolute atomic E-state index is 0.563. The van der Waals surface area contributed by atoms with Crippen LogP contribution in [0.5, 0.6) is 0 Å². The Kier molecular flexibility index (Phi) is 6.83. The van der Waals surface area contributed by atoms with Gasteiger partial charge in [0.25, 0.3) is 0 Å². The van der Waals surface area contributed by atoms with Crippen LogP contribution in [0.25, 0.3) is 117 Å². The Labute approximate surface area is 325 Å². The SMILES string of the molecule is c1ccc(-c2nc(-c3cccc4oc5ccccc5c34)nc(-c3cccc4oc5cccc(-c6ccc7c(c6)c6ccccc6n7-c6ccccc6)c5c34)n2)cc1. The molecule has 0 spiro atoms. The summed E-state index contributed by atoms with van der Waals surface area (Å²) in [5.74, 6) is 1.72. The highest BCUT2D eigenvalue weighted by Gasteiger charge is 2.22. The van der Waals surface area contributed by atoms with E-state index in [1.165, 1.54) is 16.3 Å². The summed E-state index contributed by atoms with van der Waals surface area (Å²) in [5.41, 5.74) is 11.5. The lowest BCUT2D eigenvalue weighted by Crippen LogP contribution is -2.00. The fourth-order valence-corrected chi connectivity index (χ4v) is 8.58. The van der Waals surface area contributed by atoms with Gasteiger partial charge in [-0.15, -0.1) is 0 Å². The van der Waals surface area contributed by atoms with E-state index >= 15 is 0 Å². The number of hydrogen-bond acceptors (Lipinski definition) is 5. The Balaban J connectivity index is 1.11. The van der Waals surface area contributed by atoms with Crippen LogP contribution < -0.4 is 0 Å². The predicted octanol–water partition coefficient (Wildman–Crippen LogP) is 13.4. The van der Waals surface area contributed by atoms with Crippen LogP contribution in [0, 0.1) is 0 Å². The minimum Gasteiger partial charge on any atom is -0.456 e. The van der Waals surface area contributed by atoms with Crippen molar-refractivity contribution in [3.05, 3.63) is 182 Å². The molecule has 0 aliphatic heterocycles. The van der Waals surface area contributed by atoms with E-state index in [1.807, 2.05) is 78.9 Å². The van der Waals surface area contributed by atoms with E-state index in [0.29, 0.717) is 17.5 Å². The first kappa shape index (κ1) is 31.5. The zero-order valence-electron chi connectivity index (χ0n) is 30.4. The number of furan rings is 2. The van der Waals surface area contributed by atoms with Gasteiger partial charge in [0.05, 0.1) is 11.0 Å². The van der Waals surface area contributed by atoms with Gasteiger partial charge < -0.3 is 13.4 Å². The maximum atomic E-state index is 6.63. The first-order chi connectivity index (χ1) is 28.3. The fraction of sp³-hybridized carbons (Fsp3) is 0. The Bertz CT molecular complexity index is 3530. The zero-order valence-corrected chi connectivity index (χ0v) is 30.4. The van der Waals surface area contributed by atoms with E-state index < -0.39 is 0 Å². The molecular weight excluding hydrogens is 701 g/mol. The van der Waals surface area contributed by atoms with Gasteiger partial charge in [-0.05, 0) is 65.7 Å². The van der Waals surface area contributed by atoms with Gasteiger partial charge in [0.2, 0.25) is 0 Å². The van der Waals surface area contributed by atoms with Crippen molar-refractivity contribution in [1.82, 2.24) is 19.5 Å². The molecule has 0 atom stereocenters. The van der Waals surface area contributed by atoms with Crippen LogP contribution >= 0.6 is 0 Å².